The van der Waals surface area contributed by atoms with Crippen LogP contribution in [-0.4, -0.2) is 55.0 Å². The highest BCUT2D eigenvalue weighted by Gasteiger charge is 2.20. The average molecular weight is 470 g/mol. The number of benzene rings is 1. The van der Waals surface area contributed by atoms with E-state index in [9.17, 15) is 0 Å². The number of rotatable bonds is 5. The lowest BCUT2D eigenvalue weighted by Crippen LogP contribution is -2.44. The number of nitrogens with one attached hydrogen (secondary N) is 1. The molecule has 1 saturated heterocycles. The van der Waals surface area contributed by atoms with E-state index in [0.717, 1.165) is 44.5 Å². The third kappa shape index (κ3) is 5.84. The number of halogens is 1. The predicted molar refractivity (Wildman–Crippen MR) is 121 cm³/mol. The number of piperidine rings is 1. The largest absolute Gasteiger partial charge is 0.357 e. The van der Waals surface area contributed by atoms with E-state index < -0.39 is 0 Å². The molecule has 0 unspecified atom stereocenters. The van der Waals surface area contributed by atoms with Crippen molar-refractivity contribution >= 4 is 29.9 Å². The molecular formula is C21H35IN4. The molecule has 26 heavy (non-hydrogen) atoms. The van der Waals surface area contributed by atoms with Gasteiger partial charge in [-0.25, -0.2) is 0 Å². The van der Waals surface area contributed by atoms with Gasteiger partial charge < -0.3 is 15.1 Å². The topological polar surface area (TPSA) is 30.9 Å². The van der Waals surface area contributed by atoms with Gasteiger partial charge in [0.1, 0.15) is 0 Å². The van der Waals surface area contributed by atoms with E-state index in [2.05, 4.69) is 53.2 Å². The number of hydrogen-bond acceptors (Lipinski definition) is 2. The molecule has 0 aromatic heterocycles. The standard InChI is InChI=1S/C21H34N4.HI/c1-3-22-21(23-13-9-18-10-14-24(4-2)15-11-18)25-16-12-19-7-5-6-8-20(19)17-25;/h5-8,18H,3-4,9-17H2,1-2H3,(H,22,23);1H. The Balaban J connectivity index is 0.00000243. The van der Waals surface area contributed by atoms with E-state index in [-0.39, 0.29) is 24.0 Å². The summed E-state index contributed by atoms with van der Waals surface area (Å²) in [6.45, 7) is 12.1. The van der Waals surface area contributed by atoms with E-state index in [0.29, 0.717) is 0 Å². The van der Waals surface area contributed by atoms with Crippen molar-refractivity contribution in [1.82, 2.24) is 15.1 Å². The number of aliphatic imine (C=N–C) groups is 1. The van der Waals surface area contributed by atoms with Crippen LogP contribution >= 0.6 is 24.0 Å². The fraction of sp³-hybridized carbons (Fsp3) is 0.667. The molecule has 146 valence electrons. The van der Waals surface area contributed by atoms with Crippen molar-refractivity contribution in [1.29, 1.82) is 0 Å². The van der Waals surface area contributed by atoms with Crippen molar-refractivity contribution in [3.8, 4) is 0 Å². The molecule has 0 amide bonds. The number of fused-ring (bicyclic) bond motifs is 1. The molecule has 0 bridgehead atoms. The first-order valence-corrected chi connectivity index (χ1v) is 10.1. The van der Waals surface area contributed by atoms with Crippen LogP contribution in [-0.2, 0) is 13.0 Å². The summed E-state index contributed by atoms with van der Waals surface area (Å²) in [7, 11) is 0. The Labute approximate surface area is 176 Å². The van der Waals surface area contributed by atoms with Gasteiger partial charge in [0.25, 0.3) is 0 Å². The Morgan fingerprint density at radius 1 is 1.12 bits per heavy atom. The third-order valence-electron chi connectivity index (χ3n) is 5.72. The molecule has 4 nitrogen and oxygen atoms in total. The van der Waals surface area contributed by atoms with Crippen molar-refractivity contribution < 1.29 is 0 Å². The van der Waals surface area contributed by atoms with Gasteiger partial charge in [-0.2, -0.15) is 0 Å². The first-order chi connectivity index (χ1) is 12.3. The molecule has 1 N–H and O–H groups in total. The number of guanidine groups is 1. The predicted octanol–water partition coefficient (Wildman–Crippen LogP) is 3.75. The van der Waals surface area contributed by atoms with Crippen LogP contribution < -0.4 is 5.32 Å². The van der Waals surface area contributed by atoms with E-state index >= 15 is 0 Å². The maximum absolute atomic E-state index is 4.96. The van der Waals surface area contributed by atoms with Crippen molar-refractivity contribution in [2.24, 2.45) is 10.9 Å². The maximum Gasteiger partial charge on any atom is 0.194 e. The zero-order valence-electron chi connectivity index (χ0n) is 16.4. The van der Waals surface area contributed by atoms with Crippen molar-refractivity contribution in [2.45, 2.75) is 46.1 Å². The highest BCUT2D eigenvalue weighted by molar-refractivity contribution is 14.0. The molecule has 0 radical (unpaired) electrons. The quantitative estimate of drug-likeness (QED) is 0.404. The molecule has 5 heteroatoms. The number of nitrogens with zero attached hydrogens (tertiary/aromatic N) is 3. The van der Waals surface area contributed by atoms with Crippen molar-refractivity contribution in [3.05, 3.63) is 35.4 Å². The van der Waals surface area contributed by atoms with Gasteiger partial charge >= 0.3 is 0 Å². The van der Waals surface area contributed by atoms with Crippen LogP contribution in [0.2, 0.25) is 0 Å². The summed E-state index contributed by atoms with van der Waals surface area (Å²) in [6, 6.07) is 8.82. The second-order valence-electron chi connectivity index (χ2n) is 7.34. The highest BCUT2D eigenvalue weighted by Crippen LogP contribution is 2.21. The molecule has 0 aliphatic carbocycles. The van der Waals surface area contributed by atoms with E-state index in [1.165, 1.54) is 50.0 Å². The molecule has 0 saturated carbocycles. The van der Waals surface area contributed by atoms with Gasteiger partial charge in [0.15, 0.2) is 5.96 Å². The zero-order valence-corrected chi connectivity index (χ0v) is 18.7. The van der Waals surface area contributed by atoms with Gasteiger partial charge in [-0.15, -0.1) is 24.0 Å². The average Bonchev–Trinajstić information content (AvgIpc) is 2.67. The van der Waals surface area contributed by atoms with Crippen LogP contribution in [0.4, 0.5) is 0 Å². The number of hydrogen-bond donors (Lipinski definition) is 1. The lowest BCUT2D eigenvalue weighted by Gasteiger charge is -2.32. The first kappa shape index (κ1) is 21.5. The fourth-order valence-electron chi connectivity index (χ4n) is 4.05. The summed E-state index contributed by atoms with van der Waals surface area (Å²) in [5.41, 5.74) is 2.95. The van der Waals surface area contributed by atoms with Crippen molar-refractivity contribution in [2.75, 3.05) is 39.3 Å². The Bertz CT molecular complexity index is 567. The van der Waals surface area contributed by atoms with Crippen LogP contribution in [0.1, 0.15) is 44.2 Å². The second kappa shape index (κ2) is 11.1. The van der Waals surface area contributed by atoms with E-state index in [1.54, 1.807) is 0 Å². The van der Waals surface area contributed by atoms with Crippen molar-refractivity contribution in [3.63, 3.8) is 0 Å². The molecule has 1 fully saturated rings. The molecule has 2 aliphatic heterocycles. The molecule has 0 atom stereocenters. The van der Waals surface area contributed by atoms with Gasteiger partial charge in [-0.1, -0.05) is 31.2 Å². The monoisotopic (exact) mass is 470 g/mol. The Hall–Kier alpha value is -0.820. The minimum absolute atomic E-state index is 0. The summed E-state index contributed by atoms with van der Waals surface area (Å²) in [4.78, 5) is 9.95. The molecule has 1 aromatic carbocycles. The summed E-state index contributed by atoms with van der Waals surface area (Å²) in [6.07, 6.45) is 5.04. The summed E-state index contributed by atoms with van der Waals surface area (Å²) >= 11 is 0. The molecule has 0 spiro atoms. The second-order valence-corrected chi connectivity index (χ2v) is 7.34. The minimum atomic E-state index is 0. The Morgan fingerprint density at radius 2 is 1.85 bits per heavy atom. The van der Waals surface area contributed by atoms with Crippen LogP contribution in [0, 0.1) is 5.92 Å². The van der Waals surface area contributed by atoms with Gasteiger partial charge in [-0.3, -0.25) is 4.99 Å². The van der Waals surface area contributed by atoms with Crippen LogP contribution in [0.25, 0.3) is 0 Å². The number of likely N-dealkylation sites (tertiary alicyclic amines) is 1. The SMILES string of the molecule is CCNC(=NCCC1CCN(CC)CC1)N1CCc2ccccc2C1.I. The smallest absolute Gasteiger partial charge is 0.194 e. The summed E-state index contributed by atoms with van der Waals surface area (Å²) < 4.78 is 0. The molecule has 3 rings (SSSR count). The Morgan fingerprint density at radius 3 is 2.54 bits per heavy atom. The molecule has 1 aromatic rings. The van der Waals surface area contributed by atoms with E-state index in [1.807, 2.05) is 0 Å². The minimum Gasteiger partial charge on any atom is -0.357 e. The van der Waals surface area contributed by atoms with E-state index in [4.69, 9.17) is 4.99 Å². The van der Waals surface area contributed by atoms with Crippen LogP contribution in [0.15, 0.2) is 29.3 Å². The third-order valence-corrected chi connectivity index (χ3v) is 5.72. The van der Waals surface area contributed by atoms with Gasteiger partial charge in [0.2, 0.25) is 0 Å². The Kier molecular flexibility index (Phi) is 9.19. The summed E-state index contributed by atoms with van der Waals surface area (Å²) in [5.74, 6) is 1.96. The summed E-state index contributed by atoms with van der Waals surface area (Å²) in [5, 5.41) is 3.50. The van der Waals surface area contributed by atoms with Crippen LogP contribution in [0.3, 0.4) is 0 Å². The fourth-order valence-corrected chi connectivity index (χ4v) is 4.05. The lowest BCUT2D eigenvalue weighted by molar-refractivity contribution is 0.188. The molecule has 2 aliphatic rings. The highest BCUT2D eigenvalue weighted by atomic mass is 127. The normalized spacial score (nSPS) is 19.0. The maximum atomic E-state index is 4.96. The molecular weight excluding hydrogens is 435 g/mol. The van der Waals surface area contributed by atoms with Gasteiger partial charge in [0.05, 0.1) is 0 Å². The first-order valence-electron chi connectivity index (χ1n) is 10.1. The molecule has 2 heterocycles. The van der Waals surface area contributed by atoms with Gasteiger partial charge in [0, 0.05) is 26.2 Å². The lowest BCUT2D eigenvalue weighted by atomic mass is 9.94. The van der Waals surface area contributed by atoms with Crippen LogP contribution in [0.5, 0.6) is 0 Å². The van der Waals surface area contributed by atoms with Gasteiger partial charge in [-0.05, 0) is 69.3 Å². The zero-order chi connectivity index (χ0) is 17.5.